The number of hydrogen-bond acceptors (Lipinski definition) is 4. The van der Waals surface area contributed by atoms with Crippen LogP contribution < -0.4 is 0 Å². The fourth-order valence-corrected chi connectivity index (χ4v) is 4.01. The third-order valence-electron chi connectivity index (χ3n) is 4.50. The van der Waals surface area contributed by atoms with Crippen molar-refractivity contribution in [2.75, 3.05) is 0 Å². The number of benzene rings is 1. The number of thiazole rings is 1. The molecule has 5 heteroatoms. The Kier molecular flexibility index (Phi) is 4.17. The van der Waals surface area contributed by atoms with E-state index >= 15 is 0 Å². The summed E-state index contributed by atoms with van der Waals surface area (Å²) in [5.41, 5.74) is 2.59. The van der Waals surface area contributed by atoms with Crippen molar-refractivity contribution in [3.63, 3.8) is 0 Å². The molecule has 1 atom stereocenters. The Bertz CT molecular complexity index is 812. The monoisotopic (exact) mass is 338 g/mol. The lowest BCUT2D eigenvalue weighted by Crippen LogP contribution is -2.36. The van der Waals surface area contributed by atoms with Crippen LogP contribution >= 0.6 is 11.3 Å². The fraction of sp³-hybridized carbons (Fsp3) is 0.263. The van der Waals surface area contributed by atoms with E-state index in [0.717, 1.165) is 24.3 Å². The van der Waals surface area contributed by atoms with Crippen LogP contribution in [0.5, 0.6) is 0 Å². The van der Waals surface area contributed by atoms with Crippen LogP contribution in [0.2, 0.25) is 0 Å². The second-order valence-corrected chi connectivity index (χ2v) is 6.92. The SMILES string of the molecule is O=C(c1ccco1)N(Cc1nccs1)C1CCCc2ccccc21. The first kappa shape index (κ1) is 15.1. The minimum atomic E-state index is -0.0723. The maximum absolute atomic E-state index is 13.1. The van der Waals surface area contributed by atoms with Gasteiger partial charge in [0.25, 0.3) is 5.91 Å². The fourth-order valence-electron chi connectivity index (χ4n) is 3.39. The Morgan fingerprint density at radius 3 is 3.00 bits per heavy atom. The van der Waals surface area contributed by atoms with Crippen LogP contribution in [-0.2, 0) is 13.0 Å². The molecule has 24 heavy (non-hydrogen) atoms. The maximum Gasteiger partial charge on any atom is 0.290 e. The lowest BCUT2D eigenvalue weighted by molar-refractivity contribution is 0.0605. The van der Waals surface area contributed by atoms with Crippen LogP contribution in [0, 0.1) is 0 Å². The predicted octanol–water partition coefficient (Wildman–Crippen LogP) is 4.46. The van der Waals surface area contributed by atoms with E-state index in [1.165, 1.54) is 11.1 Å². The molecular weight excluding hydrogens is 320 g/mol. The first-order chi connectivity index (χ1) is 11.8. The molecule has 3 aromatic rings. The number of amides is 1. The summed E-state index contributed by atoms with van der Waals surface area (Å²) in [4.78, 5) is 19.3. The molecule has 0 saturated carbocycles. The van der Waals surface area contributed by atoms with Gasteiger partial charge in [-0.3, -0.25) is 4.79 Å². The minimum absolute atomic E-state index is 0.0662. The Morgan fingerprint density at radius 2 is 2.21 bits per heavy atom. The zero-order chi connectivity index (χ0) is 16.4. The number of carbonyl (C=O) groups is 1. The summed E-state index contributed by atoms with van der Waals surface area (Å²) in [5.74, 6) is 0.312. The lowest BCUT2D eigenvalue weighted by Gasteiger charge is -2.35. The van der Waals surface area contributed by atoms with E-state index in [9.17, 15) is 4.79 Å². The summed E-state index contributed by atoms with van der Waals surface area (Å²) in [6.07, 6.45) is 6.46. The van der Waals surface area contributed by atoms with E-state index < -0.39 is 0 Å². The number of furan rings is 1. The number of rotatable bonds is 4. The summed E-state index contributed by atoms with van der Waals surface area (Å²) >= 11 is 1.58. The van der Waals surface area contributed by atoms with Gasteiger partial charge in [-0.05, 0) is 42.5 Å². The molecule has 0 radical (unpaired) electrons. The highest BCUT2D eigenvalue weighted by atomic mass is 32.1. The van der Waals surface area contributed by atoms with Gasteiger partial charge in [-0.1, -0.05) is 24.3 Å². The molecule has 0 spiro atoms. The van der Waals surface area contributed by atoms with Gasteiger partial charge >= 0.3 is 0 Å². The maximum atomic E-state index is 13.1. The average Bonchev–Trinajstić information content (AvgIpc) is 3.32. The Hall–Kier alpha value is -2.40. The quantitative estimate of drug-likeness (QED) is 0.706. The summed E-state index contributed by atoms with van der Waals surface area (Å²) < 4.78 is 5.37. The van der Waals surface area contributed by atoms with Gasteiger partial charge in [0.1, 0.15) is 5.01 Å². The predicted molar refractivity (Wildman–Crippen MR) is 92.8 cm³/mol. The van der Waals surface area contributed by atoms with Crippen molar-refractivity contribution in [3.8, 4) is 0 Å². The van der Waals surface area contributed by atoms with Crippen LogP contribution in [0.3, 0.4) is 0 Å². The number of hydrogen-bond donors (Lipinski definition) is 0. The van der Waals surface area contributed by atoms with Crippen molar-refractivity contribution in [1.29, 1.82) is 0 Å². The van der Waals surface area contributed by atoms with Crippen LogP contribution in [0.4, 0.5) is 0 Å². The average molecular weight is 338 g/mol. The molecule has 1 amide bonds. The van der Waals surface area contributed by atoms with E-state index in [2.05, 4.69) is 29.2 Å². The molecule has 1 aromatic carbocycles. The molecule has 0 saturated heterocycles. The Labute approximate surface area is 144 Å². The Balaban J connectivity index is 1.71. The third kappa shape index (κ3) is 2.87. The van der Waals surface area contributed by atoms with Gasteiger partial charge in [-0.15, -0.1) is 11.3 Å². The molecule has 4 nitrogen and oxygen atoms in total. The minimum Gasteiger partial charge on any atom is -0.459 e. The topological polar surface area (TPSA) is 46.3 Å². The third-order valence-corrected chi connectivity index (χ3v) is 5.26. The number of fused-ring (bicyclic) bond motifs is 1. The Morgan fingerprint density at radius 1 is 1.29 bits per heavy atom. The first-order valence-electron chi connectivity index (χ1n) is 8.13. The molecule has 122 valence electrons. The highest BCUT2D eigenvalue weighted by Gasteiger charge is 2.31. The largest absolute Gasteiger partial charge is 0.459 e. The summed E-state index contributed by atoms with van der Waals surface area (Å²) in [6, 6.07) is 12.0. The zero-order valence-electron chi connectivity index (χ0n) is 13.2. The van der Waals surface area contributed by atoms with Crippen molar-refractivity contribution in [2.24, 2.45) is 0 Å². The van der Waals surface area contributed by atoms with Gasteiger partial charge in [0.15, 0.2) is 5.76 Å². The molecular formula is C19H18N2O2S. The van der Waals surface area contributed by atoms with E-state index in [1.54, 1.807) is 35.9 Å². The van der Waals surface area contributed by atoms with Crippen molar-refractivity contribution in [1.82, 2.24) is 9.88 Å². The van der Waals surface area contributed by atoms with Gasteiger partial charge in [-0.25, -0.2) is 4.98 Å². The van der Waals surface area contributed by atoms with E-state index in [4.69, 9.17) is 4.42 Å². The van der Waals surface area contributed by atoms with Gasteiger partial charge in [-0.2, -0.15) is 0 Å². The molecule has 4 rings (SSSR count). The summed E-state index contributed by atoms with van der Waals surface area (Å²) in [7, 11) is 0. The van der Waals surface area contributed by atoms with Crippen molar-refractivity contribution < 1.29 is 9.21 Å². The normalized spacial score (nSPS) is 16.6. The molecule has 0 aliphatic heterocycles. The van der Waals surface area contributed by atoms with Gasteiger partial charge in [0.2, 0.25) is 0 Å². The highest BCUT2D eigenvalue weighted by Crippen LogP contribution is 2.36. The highest BCUT2D eigenvalue weighted by molar-refractivity contribution is 7.09. The molecule has 2 heterocycles. The zero-order valence-corrected chi connectivity index (χ0v) is 14.0. The van der Waals surface area contributed by atoms with Crippen LogP contribution in [0.25, 0.3) is 0 Å². The van der Waals surface area contributed by atoms with E-state index in [1.807, 2.05) is 10.3 Å². The number of carbonyl (C=O) groups excluding carboxylic acids is 1. The molecule has 1 aliphatic carbocycles. The smallest absolute Gasteiger partial charge is 0.290 e. The second-order valence-electron chi connectivity index (χ2n) is 5.94. The number of nitrogens with zero attached hydrogens (tertiary/aromatic N) is 2. The van der Waals surface area contributed by atoms with Crippen molar-refractivity contribution >= 4 is 17.2 Å². The molecule has 0 bridgehead atoms. The van der Waals surface area contributed by atoms with Crippen LogP contribution in [0.15, 0.2) is 58.7 Å². The van der Waals surface area contributed by atoms with Gasteiger partial charge in [0.05, 0.1) is 18.8 Å². The van der Waals surface area contributed by atoms with E-state index in [-0.39, 0.29) is 11.9 Å². The van der Waals surface area contributed by atoms with Gasteiger partial charge in [0, 0.05) is 11.6 Å². The number of aryl methyl sites for hydroxylation is 1. The summed E-state index contributed by atoms with van der Waals surface area (Å²) in [6.45, 7) is 0.510. The van der Waals surface area contributed by atoms with Crippen LogP contribution in [-0.4, -0.2) is 15.8 Å². The van der Waals surface area contributed by atoms with E-state index in [0.29, 0.717) is 12.3 Å². The number of aromatic nitrogens is 1. The molecule has 0 N–H and O–H groups in total. The molecule has 0 fully saturated rings. The molecule has 1 aliphatic rings. The standard InChI is InChI=1S/C19H18N2O2S/c22-19(17-9-4-11-23-17)21(13-18-20-10-12-24-18)16-8-3-6-14-5-1-2-7-15(14)16/h1-2,4-5,7,9-12,16H,3,6,8,13H2. The lowest BCUT2D eigenvalue weighted by atomic mass is 9.86. The van der Waals surface area contributed by atoms with Crippen LogP contribution in [0.1, 0.15) is 45.6 Å². The van der Waals surface area contributed by atoms with Gasteiger partial charge < -0.3 is 9.32 Å². The second kappa shape index (κ2) is 6.61. The molecule has 2 aromatic heterocycles. The van der Waals surface area contributed by atoms with Crippen molar-refractivity contribution in [3.05, 3.63) is 76.1 Å². The first-order valence-corrected chi connectivity index (χ1v) is 9.01. The summed E-state index contributed by atoms with van der Waals surface area (Å²) in [5, 5.41) is 2.89. The van der Waals surface area contributed by atoms with Crippen molar-refractivity contribution in [2.45, 2.75) is 31.8 Å². The molecule has 1 unspecified atom stereocenters.